The fraction of sp³-hybridized carbons (Fsp3) is 0.417. The van der Waals surface area contributed by atoms with E-state index in [4.69, 9.17) is 23.2 Å². The van der Waals surface area contributed by atoms with E-state index < -0.39 is 4.87 Å². The molecule has 2 rings (SSSR count). The smallest absolute Gasteiger partial charge is 0.243 e. The number of rotatable bonds is 3. The summed E-state index contributed by atoms with van der Waals surface area (Å²) < 4.78 is 0. The molecule has 16 heavy (non-hydrogen) atoms. The normalized spacial score (nSPS) is 29.6. The van der Waals surface area contributed by atoms with Crippen LogP contribution < -0.4 is 5.32 Å². The Morgan fingerprint density at radius 2 is 2.06 bits per heavy atom. The molecule has 0 bridgehead atoms. The molecule has 1 saturated carbocycles. The number of carbonyl (C=O) groups excluding carboxylic acids is 1. The third-order valence-corrected chi connectivity index (χ3v) is 4.07. The van der Waals surface area contributed by atoms with Crippen LogP contribution in [0.4, 0.5) is 0 Å². The number of halogens is 2. The lowest BCUT2D eigenvalue weighted by Gasteiger charge is -2.16. The summed E-state index contributed by atoms with van der Waals surface area (Å²) in [4.78, 5) is 10.9. The number of hydrogen-bond donors (Lipinski definition) is 1. The van der Waals surface area contributed by atoms with Crippen molar-refractivity contribution in [3.63, 3.8) is 0 Å². The predicted octanol–water partition coefficient (Wildman–Crippen LogP) is 2.85. The van der Waals surface area contributed by atoms with E-state index >= 15 is 0 Å². The number of nitrogens with one attached hydrogen (secondary N) is 1. The molecular formula is C12H13Cl2NO. The zero-order valence-electron chi connectivity index (χ0n) is 8.91. The van der Waals surface area contributed by atoms with Crippen LogP contribution in [0.1, 0.15) is 24.9 Å². The van der Waals surface area contributed by atoms with Gasteiger partial charge in [-0.05, 0) is 18.9 Å². The van der Waals surface area contributed by atoms with Gasteiger partial charge in [-0.25, -0.2) is 0 Å². The highest BCUT2D eigenvalue weighted by Crippen LogP contribution is 2.47. The summed E-state index contributed by atoms with van der Waals surface area (Å²) in [5.41, 5.74) is 1.06. The van der Waals surface area contributed by atoms with Crippen molar-refractivity contribution in [3.8, 4) is 0 Å². The van der Waals surface area contributed by atoms with Crippen LogP contribution in [-0.2, 0) is 4.79 Å². The molecule has 4 heteroatoms. The lowest BCUT2D eigenvalue weighted by atomic mass is 10.1. The minimum absolute atomic E-state index is 0.0474. The van der Waals surface area contributed by atoms with Gasteiger partial charge in [0.1, 0.15) is 4.87 Å². The van der Waals surface area contributed by atoms with E-state index in [1.165, 1.54) is 0 Å². The van der Waals surface area contributed by atoms with Crippen molar-refractivity contribution in [2.45, 2.75) is 29.6 Å². The molecule has 3 atom stereocenters. The van der Waals surface area contributed by atoms with Crippen LogP contribution in [0.3, 0.4) is 0 Å². The van der Waals surface area contributed by atoms with Crippen molar-refractivity contribution < 1.29 is 4.79 Å². The largest absolute Gasteiger partial charge is 0.348 e. The van der Waals surface area contributed by atoms with Crippen molar-refractivity contribution in [2.75, 3.05) is 0 Å². The maximum absolute atomic E-state index is 11.8. The van der Waals surface area contributed by atoms with E-state index in [9.17, 15) is 4.79 Å². The third-order valence-electron chi connectivity index (χ3n) is 2.84. The van der Waals surface area contributed by atoms with Crippen LogP contribution in [0.2, 0.25) is 0 Å². The Kier molecular flexibility index (Phi) is 3.13. The first-order chi connectivity index (χ1) is 7.54. The van der Waals surface area contributed by atoms with Crippen LogP contribution in [0.15, 0.2) is 30.3 Å². The van der Waals surface area contributed by atoms with Crippen LogP contribution in [0, 0.1) is 0 Å². The maximum atomic E-state index is 11.8. The lowest BCUT2D eigenvalue weighted by Crippen LogP contribution is -2.36. The summed E-state index contributed by atoms with van der Waals surface area (Å²) in [5.74, 6) is -0.175. The molecule has 1 N–H and O–H groups in total. The fourth-order valence-corrected chi connectivity index (χ4v) is 2.21. The molecule has 1 amide bonds. The second kappa shape index (κ2) is 4.27. The predicted molar refractivity (Wildman–Crippen MR) is 65.8 cm³/mol. The Morgan fingerprint density at radius 1 is 1.50 bits per heavy atom. The molecule has 1 fully saturated rings. The van der Waals surface area contributed by atoms with Gasteiger partial charge in [-0.15, -0.1) is 23.2 Å². The summed E-state index contributed by atoms with van der Waals surface area (Å²) in [6, 6.07) is 9.71. The summed E-state index contributed by atoms with van der Waals surface area (Å²) in [5, 5.41) is 2.63. The van der Waals surface area contributed by atoms with E-state index in [2.05, 4.69) is 5.32 Å². The minimum atomic E-state index is -0.884. The van der Waals surface area contributed by atoms with Gasteiger partial charge in [0.2, 0.25) is 5.91 Å². The molecule has 0 spiro atoms. The molecule has 0 aliphatic heterocycles. The van der Waals surface area contributed by atoms with Crippen molar-refractivity contribution in [3.05, 3.63) is 35.9 Å². The molecule has 0 saturated heterocycles. The zero-order chi connectivity index (χ0) is 11.8. The van der Waals surface area contributed by atoms with Crippen LogP contribution in [0.5, 0.6) is 0 Å². The summed E-state index contributed by atoms with van der Waals surface area (Å²) in [7, 11) is 0. The Balaban J connectivity index is 1.98. The van der Waals surface area contributed by atoms with Crippen molar-refractivity contribution in [2.24, 2.45) is 0 Å². The van der Waals surface area contributed by atoms with E-state index in [1.807, 2.05) is 37.3 Å². The molecular weight excluding hydrogens is 245 g/mol. The highest BCUT2D eigenvalue weighted by molar-refractivity contribution is 6.45. The number of hydrogen-bond acceptors (Lipinski definition) is 1. The number of alkyl halides is 2. The summed E-state index contributed by atoms with van der Waals surface area (Å²) >= 11 is 11.9. The molecule has 0 heterocycles. The van der Waals surface area contributed by atoms with E-state index in [1.54, 1.807) is 0 Å². The van der Waals surface area contributed by atoms with Gasteiger partial charge in [-0.3, -0.25) is 4.79 Å². The molecule has 1 aromatic carbocycles. The standard InChI is InChI=1S/C12H13Cl2NO/c1-8(9-5-3-2-4-6-9)15-11(16)12(14)7-10(12)13/h2-6,8,10H,7H2,1H3,(H,15,16)/t8?,10?,12-/m1/s1. The van der Waals surface area contributed by atoms with Gasteiger partial charge in [0.15, 0.2) is 0 Å². The van der Waals surface area contributed by atoms with Gasteiger partial charge in [0, 0.05) is 0 Å². The Hall–Kier alpha value is -0.730. The zero-order valence-corrected chi connectivity index (χ0v) is 10.4. The van der Waals surface area contributed by atoms with Gasteiger partial charge in [-0.1, -0.05) is 30.3 Å². The monoisotopic (exact) mass is 257 g/mol. The molecule has 2 unspecified atom stereocenters. The van der Waals surface area contributed by atoms with Crippen LogP contribution in [0.25, 0.3) is 0 Å². The third kappa shape index (κ3) is 2.18. The second-order valence-electron chi connectivity index (χ2n) is 4.14. The van der Waals surface area contributed by atoms with Crippen LogP contribution >= 0.6 is 23.2 Å². The van der Waals surface area contributed by atoms with Gasteiger partial charge >= 0.3 is 0 Å². The average Bonchev–Trinajstić information content (AvgIpc) is 2.89. The average molecular weight is 258 g/mol. The van der Waals surface area contributed by atoms with Gasteiger partial charge in [-0.2, -0.15) is 0 Å². The number of benzene rings is 1. The molecule has 0 radical (unpaired) electrons. The molecule has 0 aromatic heterocycles. The lowest BCUT2D eigenvalue weighted by molar-refractivity contribution is -0.122. The fourth-order valence-electron chi connectivity index (χ4n) is 1.58. The van der Waals surface area contributed by atoms with E-state index in [0.29, 0.717) is 6.42 Å². The van der Waals surface area contributed by atoms with Gasteiger partial charge in [0.25, 0.3) is 0 Å². The van der Waals surface area contributed by atoms with Crippen molar-refractivity contribution in [1.82, 2.24) is 5.32 Å². The Labute approximate surface area is 105 Å². The number of amides is 1. The molecule has 1 aromatic rings. The highest BCUT2D eigenvalue weighted by atomic mass is 35.5. The van der Waals surface area contributed by atoms with Gasteiger partial charge in [0.05, 0.1) is 11.4 Å². The van der Waals surface area contributed by atoms with Crippen LogP contribution in [-0.4, -0.2) is 16.2 Å². The van der Waals surface area contributed by atoms with E-state index in [0.717, 1.165) is 5.56 Å². The number of carbonyl (C=O) groups is 1. The molecule has 1 aliphatic rings. The van der Waals surface area contributed by atoms with E-state index in [-0.39, 0.29) is 17.3 Å². The summed E-state index contributed by atoms with van der Waals surface area (Å²) in [6.07, 6.45) is 0.545. The topological polar surface area (TPSA) is 29.1 Å². The Morgan fingerprint density at radius 3 is 2.56 bits per heavy atom. The maximum Gasteiger partial charge on any atom is 0.243 e. The summed E-state index contributed by atoms with van der Waals surface area (Å²) in [6.45, 7) is 1.93. The quantitative estimate of drug-likeness (QED) is 0.830. The molecule has 2 nitrogen and oxygen atoms in total. The van der Waals surface area contributed by atoms with Crippen molar-refractivity contribution in [1.29, 1.82) is 0 Å². The first-order valence-corrected chi connectivity index (χ1v) is 6.04. The van der Waals surface area contributed by atoms with Gasteiger partial charge < -0.3 is 5.32 Å². The Bertz CT molecular complexity index is 395. The van der Waals surface area contributed by atoms with Crippen molar-refractivity contribution >= 4 is 29.1 Å². The SMILES string of the molecule is CC(NC(=O)[C@@]1(Cl)CC1Cl)c1ccccc1. The minimum Gasteiger partial charge on any atom is -0.348 e. The second-order valence-corrected chi connectivity index (χ2v) is 5.34. The molecule has 86 valence electrons. The first-order valence-electron chi connectivity index (χ1n) is 5.23. The molecule has 1 aliphatic carbocycles. The first kappa shape index (κ1) is 11.7. The highest BCUT2D eigenvalue weighted by Gasteiger charge is 2.58.